The molecular weight excluding hydrogens is 246 g/mol. The summed E-state index contributed by atoms with van der Waals surface area (Å²) in [6.45, 7) is 0. The van der Waals surface area contributed by atoms with Crippen molar-refractivity contribution in [3.8, 4) is 0 Å². The Hall–Kier alpha value is -1.00. The Bertz CT molecular complexity index is 463. The standard InChI is InChI=1S/C15H20F2N2/c1-19-10-5-6-11(19)8-9(7-10)15(18)12-3-2-4-13(16)14(12)17/h2-4,9-11,15H,5-8,18H2,1H3. The molecule has 2 aliphatic heterocycles. The van der Waals surface area contributed by atoms with Gasteiger partial charge in [0.25, 0.3) is 0 Å². The first-order valence-electron chi connectivity index (χ1n) is 6.99. The number of rotatable bonds is 2. The number of fused-ring (bicyclic) bond motifs is 2. The summed E-state index contributed by atoms with van der Waals surface area (Å²) in [7, 11) is 2.16. The minimum Gasteiger partial charge on any atom is -0.324 e. The van der Waals surface area contributed by atoms with Crippen molar-refractivity contribution in [3.05, 3.63) is 35.4 Å². The van der Waals surface area contributed by atoms with Gasteiger partial charge in [-0.2, -0.15) is 0 Å². The van der Waals surface area contributed by atoms with Crippen molar-refractivity contribution in [2.24, 2.45) is 11.7 Å². The summed E-state index contributed by atoms with van der Waals surface area (Å²) in [6, 6.07) is 5.02. The van der Waals surface area contributed by atoms with Crippen molar-refractivity contribution >= 4 is 0 Å². The molecule has 1 aromatic rings. The summed E-state index contributed by atoms with van der Waals surface area (Å²) in [5.41, 5.74) is 6.54. The molecule has 1 aromatic carbocycles. The number of benzene rings is 1. The summed E-state index contributed by atoms with van der Waals surface area (Å²) >= 11 is 0. The molecule has 0 amide bonds. The monoisotopic (exact) mass is 266 g/mol. The van der Waals surface area contributed by atoms with E-state index < -0.39 is 17.7 Å². The smallest absolute Gasteiger partial charge is 0.163 e. The number of hydrogen-bond donors (Lipinski definition) is 1. The van der Waals surface area contributed by atoms with Crippen LogP contribution in [0, 0.1) is 17.6 Å². The van der Waals surface area contributed by atoms with E-state index in [0.717, 1.165) is 18.9 Å². The summed E-state index contributed by atoms with van der Waals surface area (Å²) in [6.07, 6.45) is 4.39. The van der Waals surface area contributed by atoms with E-state index in [9.17, 15) is 8.78 Å². The average molecular weight is 266 g/mol. The maximum absolute atomic E-state index is 13.8. The molecule has 0 radical (unpaired) electrons. The maximum Gasteiger partial charge on any atom is 0.163 e. The molecule has 2 N–H and O–H groups in total. The minimum atomic E-state index is -0.802. The number of nitrogens with zero attached hydrogens (tertiary/aromatic N) is 1. The second kappa shape index (κ2) is 4.84. The summed E-state index contributed by atoms with van der Waals surface area (Å²) in [5, 5.41) is 0. The molecule has 3 atom stereocenters. The molecule has 104 valence electrons. The van der Waals surface area contributed by atoms with Crippen molar-refractivity contribution in [1.82, 2.24) is 4.90 Å². The molecule has 0 aliphatic carbocycles. The molecule has 0 saturated carbocycles. The van der Waals surface area contributed by atoms with E-state index in [2.05, 4.69) is 11.9 Å². The lowest BCUT2D eigenvalue weighted by atomic mass is 9.82. The number of halogens is 2. The van der Waals surface area contributed by atoms with Crippen molar-refractivity contribution < 1.29 is 8.78 Å². The lowest BCUT2D eigenvalue weighted by Gasteiger charge is -2.38. The van der Waals surface area contributed by atoms with Gasteiger partial charge in [-0.1, -0.05) is 12.1 Å². The Balaban J connectivity index is 1.81. The molecule has 2 saturated heterocycles. The number of nitrogens with two attached hydrogens (primary N) is 1. The molecule has 3 rings (SSSR count). The molecule has 3 unspecified atom stereocenters. The Labute approximate surface area is 112 Å². The molecule has 2 aliphatic rings. The van der Waals surface area contributed by atoms with Gasteiger partial charge in [0, 0.05) is 23.7 Å². The van der Waals surface area contributed by atoms with E-state index in [4.69, 9.17) is 5.73 Å². The molecule has 0 spiro atoms. The van der Waals surface area contributed by atoms with Crippen molar-refractivity contribution in [1.29, 1.82) is 0 Å². The molecule has 2 bridgehead atoms. The Morgan fingerprint density at radius 1 is 1.21 bits per heavy atom. The van der Waals surface area contributed by atoms with Crippen LogP contribution in [0.4, 0.5) is 8.78 Å². The zero-order valence-electron chi connectivity index (χ0n) is 11.2. The van der Waals surface area contributed by atoms with Gasteiger partial charge >= 0.3 is 0 Å². The lowest BCUT2D eigenvalue weighted by Crippen LogP contribution is -2.42. The predicted molar refractivity (Wildman–Crippen MR) is 70.6 cm³/mol. The topological polar surface area (TPSA) is 29.3 Å². The first kappa shape index (κ1) is 13.0. The SMILES string of the molecule is CN1C2CCC1CC(C(N)c1cccc(F)c1F)C2. The van der Waals surface area contributed by atoms with Crippen LogP contribution in [-0.4, -0.2) is 24.0 Å². The van der Waals surface area contributed by atoms with E-state index in [1.807, 2.05) is 0 Å². The molecule has 2 heterocycles. The van der Waals surface area contributed by atoms with Crippen LogP contribution in [0.15, 0.2) is 18.2 Å². The van der Waals surface area contributed by atoms with E-state index in [0.29, 0.717) is 17.6 Å². The van der Waals surface area contributed by atoms with Crippen LogP contribution < -0.4 is 5.73 Å². The summed E-state index contributed by atoms with van der Waals surface area (Å²) < 4.78 is 27.1. The normalized spacial score (nSPS) is 32.5. The summed E-state index contributed by atoms with van der Waals surface area (Å²) in [4.78, 5) is 2.42. The van der Waals surface area contributed by atoms with Gasteiger partial charge in [0.2, 0.25) is 0 Å². The van der Waals surface area contributed by atoms with E-state index >= 15 is 0 Å². The van der Waals surface area contributed by atoms with Gasteiger partial charge in [0.15, 0.2) is 11.6 Å². The fourth-order valence-corrected chi connectivity index (χ4v) is 3.78. The molecule has 0 aromatic heterocycles. The summed E-state index contributed by atoms with van der Waals surface area (Å²) in [5.74, 6) is -1.32. The van der Waals surface area contributed by atoms with Crippen molar-refractivity contribution in [2.75, 3.05) is 7.05 Å². The van der Waals surface area contributed by atoms with Crippen LogP contribution in [0.5, 0.6) is 0 Å². The van der Waals surface area contributed by atoms with Gasteiger partial charge in [-0.05, 0) is 44.7 Å². The number of hydrogen-bond acceptors (Lipinski definition) is 2. The van der Waals surface area contributed by atoms with Gasteiger partial charge in [0.05, 0.1) is 0 Å². The van der Waals surface area contributed by atoms with E-state index in [1.165, 1.54) is 18.9 Å². The van der Waals surface area contributed by atoms with E-state index in [-0.39, 0.29) is 5.92 Å². The first-order chi connectivity index (χ1) is 9.08. The van der Waals surface area contributed by atoms with Crippen molar-refractivity contribution in [3.63, 3.8) is 0 Å². The fourth-order valence-electron chi connectivity index (χ4n) is 3.78. The molecular formula is C15H20F2N2. The third-order valence-electron chi connectivity index (χ3n) is 4.98. The highest BCUT2D eigenvalue weighted by atomic mass is 19.2. The average Bonchev–Trinajstić information content (AvgIpc) is 2.64. The van der Waals surface area contributed by atoms with Crippen LogP contribution in [0.1, 0.15) is 37.3 Å². The number of piperidine rings is 1. The van der Waals surface area contributed by atoms with Crippen LogP contribution in [0.2, 0.25) is 0 Å². The van der Waals surface area contributed by atoms with Crippen LogP contribution in [-0.2, 0) is 0 Å². The fraction of sp³-hybridized carbons (Fsp3) is 0.600. The van der Waals surface area contributed by atoms with E-state index in [1.54, 1.807) is 6.07 Å². The quantitative estimate of drug-likeness (QED) is 0.892. The second-order valence-electron chi connectivity index (χ2n) is 5.95. The zero-order valence-corrected chi connectivity index (χ0v) is 11.2. The zero-order chi connectivity index (χ0) is 13.6. The van der Waals surface area contributed by atoms with Crippen LogP contribution in [0.25, 0.3) is 0 Å². The maximum atomic E-state index is 13.8. The van der Waals surface area contributed by atoms with Gasteiger partial charge in [-0.25, -0.2) is 8.78 Å². The minimum absolute atomic E-state index is 0.255. The second-order valence-corrected chi connectivity index (χ2v) is 5.95. The van der Waals surface area contributed by atoms with Crippen LogP contribution in [0.3, 0.4) is 0 Å². The highest BCUT2D eigenvalue weighted by Gasteiger charge is 2.40. The Morgan fingerprint density at radius 2 is 1.84 bits per heavy atom. The van der Waals surface area contributed by atoms with Gasteiger partial charge in [0.1, 0.15) is 0 Å². The van der Waals surface area contributed by atoms with Gasteiger partial charge < -0.3 is 10.6 Å². The highest BCUT2D eigenvalue weighted by Crippen LogP contribution is 2.42. The predicted octanol–water partition coefficient (Wildman–Crippen LogP) is 2.84. The highest BCUT2D eigenvalue weighted by molar-refractivity contribution is 5.23. The van der Waals surface area contributed by atoms with Crippen molar-refractivity contribution in [2.45, 2.75) is 43.8 Å². The van der Waals surface area contributed by atoms with Gasteiger partial charge in [-0.15, -0.1) is 0 Å². The molecule has 19 heavy (non-hydrogen) atoms. The Morgan fingerprint density at radius 3 is 2.47 bits per heavy atom. The third-order valence-corrected chi connectivity index (χ3v) is 4.98. The molecule has 2 fully saturated rings. The van der Waals surface area contributed by atoms with Crippen LogP contribution >= 0.6 is 0 Å². The lowest BCUT2D eigenvalue weighted by molar-refractivity contribution is 0.120. The largest absolute Gasteiger partial charge is 0.324 e. The molecule has 4 heteroatoms. The Kier molecular flexibility index (Phi) is 3.31. The first-order valence-corrected chi connectivity index (χ1v) is 6.99. The third kappa shape index (κ3) is 2.17. The van der Waals surface area contributed by atoms with Gasteiger partial charge in [-0.3, -0.25) is 0 Å². The molecule has 2 nitrogen and oxygen atoms in total.